The van der Waals surface area contributed by atoms with Crippen LogP contribution < -0.4 is 10.6 Å². The van der Waals surface area contributed by atoms with Crippen LogP contribution in [0.3, 0.4) is 0 Å². The van der Waals surface area contributed by atoms with Crippen LogP contribution in [0.15, 0.2) is 24.4 Å². The highest BCUT2D eigenvalue weighted by molar-refractivity contribution is 5.74. The Labute approximate surface area is 131 Å². The summed E-state index contributed by atoms with van der Waals surface area (Å²) in [5.41, 5.74) is 0.853. The van der Waals surface area contributed by atoms with E-state index in [0.29, 0.717) is 12.6 Å². The highest BCUT2D eigenvalue weighted by Crippen LogP contribution is 2.22. The minimum atomic E-state index is -0.176. The molecule has 6 nitrogen and oxygen atoms in total. The van der Waals surface area contributed by atoms with Gasteiger partial charge in [0.05, 0.1) is 24.4 Å². The summed E-state index contributed by atoms with van der Waals surface area (Å²) >= 11 is 0. The van der Waals surface area contributed by atoms with E-state index in [4.69, 9.17) is 4.74 Å². The van der Waals surface area contributed by atoms with Crippen LogP contribution >= 0.6 is 0 Å². The van der Waals surface area contributed by atoms with Gasteiger partial charge in [-0.3, -0.25) is 9.88 Å². The van der Waals surface area contributed by atoms with Gasteiger partial charge in [0.1, 0.15) is 0 Å². The Kier molecular flexibility index (Phi) is 4.90. The van der Waals surface area contributed by atoms with E-state index in [1.165, 1.54) is 12.8 Å². The third kappa shape index (κ3) is 3.75. The highest BCUT2D eigenvalue weighted by atomic mass is 16.5. The number of rotatable bonds is 4. The normalized spacial score (nSPS) is 26.2. The van der Waals surface area contributed by atoms with E-state index in [2.05, 4.69) is 20.5 Å². The van der Waals surface area contributed by atoms with Crippen molar-refractivity contribution in [3.05, 3.63) is 30.1 Å². The number of pyridine rings is 1. The van der Waals surface area contributed by atoms with E-state index in [1.54, 1.807) is 6.20 Å². The molecule has 3 heterocycles. The molecule has 0 radical (unpaired) electrons. The Morgan fingerprint density at radius 2 is 2.45 bits per heavy atom. The van der Waals surface area contributed by atoms with Crippen LogP contribution in [0.1, 0.15) is 31.5 Å². The van der Waals surface area contributed by atoms with Gasteiger partial charge >= 0.3 is 6.03 Å². The Morgan fingerprint density at radius 1 is 1.55 bits per heavy atom. The molecule has 3 rings (SSSR count). The molecule has 2 fully saturated rings. The number of carbonyl (C=O) groups excluding carboxylic acids is 1. The highest BCUT2D eigenvalue weighted by Gasteiger charge is 2.32. The first-order valence-electron chi connectivity index (χ1n) is 8.03. The number of aromatic nitrogens is 1. The fraction of sp³-hybridized carbons (Fsp3) is 0.625. The summed E-state index contributed by atoms with van der Waals surface area (Å²) in [7, 11) is 0. The lowest BCUT2D eigenvalue weighted by molar-refractivity contribution is -0.0458. The quantitative estimate of drug-likeness (QED) is 0.880. The maximum atomic E-state index is 12.0. The van der Waals surface area contributed by atoms with Crippen molar-refractivity contribution in [2.45, 2.75) is 38.0 Å². The molecule has 2 aliphatic rings. The van der Waals surface area contributed by atoms with Crippen molar-refractivity contribution in [3.63, 3.8) is 0 Å². The van der Waals surface area contributed by atoms with Gasteiger partial charge in [0.2, 0.25) is 0 Å². The second-order valence-electron chi connectivity index (χ2n) is 6.08. The number of carbonyl (C=O) groups is 1. The van der Waals surface area contributed by atoms with E-state index >= 15 is 0 Å². The van der Waals surface area contributed by atoms with Crippen molar-refractivity contribution >= 4 is 6.03 Å². The van der Waals surface area contributed by atoms with Gasteiger partial charge in [-0.05, 0) is 38.4 Å². The van der Waals surface area contributed by atoms with Gasteiger partial charge in [-0.1, -0.05) is 6.07 Å². The second-order valence-corrected chi connectivity index (χ2v) is 6.08. The largest absolute Gasteiger partial charge is 0.373 e. The molecule has 1 aromatic rings. The van der Waals surface area contributed by atoms with E-state index in [-0.39, 0.29) is 18.2 Å². The molecular formula is C16H24N4O2. The number of hydrogen-bond acceptors (Lipinski definition) is 4. The van der Waals surface area contributed by atoms with E-state index < -0.39 is 0 Å². The molecule has 0 spiro atoms. The summed E-state index contributed by atoms with van der Waals surface area (Å²) in [5, 5.41) is 5.80. The molecule has 0 aliphatic carbocycles. The lowest BCUT2D eigenvalue weighted by atomic mass is 10.2. The lowest BCUT2D eigenvalue weighted by Gasteiger charge is -2.35. The van der Waals surface area contributed by atoms with Gasteiger partial charge in [0.25, 0.3) is 0 Å². The maximum absolute atomic E-state index is 12.0. The lowest BCUT2D eigenvalue weighted by Crippen LogP contribution is -2.51. The number of fused-ring (bicyclic) bond motifs is 1. The van der Waals surface area contributed by atoms with Crippen molar-refractivity contribution in [1.29, 1.82) is 0 Å². The van der Waals surface area contributed by atoms with Crippen LogP contribution in [0, 0.1) is 0 Å². The number of hydrogen-bond donors (Lipinski definition) is 2. The molecule has 0 bridgehead atoms. The number of nitrogens with zero attached hydrogens (tertiary/aromatic N) is 2. The third-order valence-corrected chi connectivity index (χ3v) is 4.43. The average molecular weight is 304 g/mol. The number of amides is 2. The average Bonchev–Trinajstić information content (AvgIpc) is 3.01. The van der Waals surface area contributed by atoms with Crippen LogP contribution in [0.25, 0.3) is 0 Å². The van der Waals surface area contributed by atoms with Crippen LogP contribution in [0.5, 0.6) is 0 Å². The zero-order valence-corrected chi connectivity index (χ0v) is 13.0. The first kappa shape index (κ1) is 15.2. The minimum Gasteiger partial charge on any atom is -0.373 e. The van der Waals surface area contributed by atoms with E-state index in [1.807, 2.05) is 25.1 Å². The smallest absolute Gasteiger partial charge is 0.315 e. The molecule has 2 N–H and O–H groups in total. The topological polar surface area (TPSA) is 66.5 Å². The molecule has 3 atom stereocenters. The molecule has 2 aliphatic heterocycles. The molecule has 22 heavy (non-hydrogen) atoms. The minimum absolute atomic E-state index is 0.0882. The summed E-state index contributed by atoms with van der Waals surface area (Å²) in [6, 6.07) is 5.99. The van der Waals surface area contributed by atoms with Crippen molar-refractivity contribution in [2.75, 3.05) is 26.2 Å². The number of urea groups is 1. The fourth-order valence-corrected chi connectivity index (χ4v) is 3.17. The number of nitrogens with one attached hydrogen (secondary N) is 2. The predicted molar refractivity (Wildman–Crippen MR) is 83.5 cm³/mol. The van der Waals surface area contributed by atoms with Gasteiger partial charge in [0, 0.05) is 25.3 Å². The van der Waals surface area contributed by atoms with Gasteiger partial charge in [-0.25, -0.2) is 4.79 Å². The zero-order valence-electron chi connectivity index (χ0n) is 13.0. The first-order valence-corrected chi connectivity index (χ1v) is 8.03. The van der Waals surface area contributed by atoms with Crippen LogP contribution in [-0.2, 0) is 4.74 Å². The van der Waals surface area contributed by atoms with Crippen LogP contribution in [0.4, 0.5) is 4.79 Å². The summed E-state index contributed by atoms with van der Waals surface area (Å²) in [5.74, 6) is 0. The van der Waals surface area contributed by atoms with Crippen molar-refractivity contribution < 1.29 is 9.53 Å². The second kappa shape index (κ2) is 7.07. The Hall–Kier alpha value is -1.66. The monoisotopic (exact) mass is 304 g/mol. The summed E-state index contributed by atoms with van der Waals surface area (Å²) in [6.45, 7) is 5.34. The molecule has 1 aromatic heterocycles. The third-order valence-electron chi connectivity index (χ3n) is 4.43. The summed E-state index contributed by atoms with van der Waals surface area (Å²) < 4.78 is 5.84. The van der Waals surface area contributed by atoms with Gasteiger partial charge < -0.3 is 15.4 Å². The Morgan fingerprint density at radius 3 is 3.27 bits per heavy atom. The summed E-state index contributed by atoms with van der Waals surface area (Å²) in [6.07, 6.45) is 4.32. The summed E-state index contributed by atoms with van der Waals surface area (Å²) in [4.78, 5) is 18.7. The standard InChI is InChI=1S/C16H24N4O2/c1-12(15-6-2-3-7-17-15)19-16(21)18-9-14-10-20-8-4-5-13(20)11-22-14/h2-3,6-7,12-14H,4-5,8-11H2,1H3,(H2,18,19,21)/t12-,13+,14-/m0/s1. The molecule has 0 unspecified atom stereocenters. The fourth-order valence-electron chi connectivity index (χ4n) is 3.17. The molecule has 0 saturated carbocycles. The van der Waals surface area contributed by atoms with Gasteiger partial charge in [-0.15, -0.1) is 0 Å². The molecule has 120 valence electrons. The molecule has 2 saturated heterocycles. The first-order chi connectivity index (χ1) is 10.7. The van der Waals surface area contributed by atoms with Gasteiger partial charge in [-0.2, -0.15) is 0 Å². The Balaban J connectivity index is 1.41. The van der Waals surface area contributed by atoms with Crippen molar-refractivity contribution in [1.82, 2.24) is 20.5 Å². The van der Waals surface area contributed by atoms with E-state index in [0.717, 1.165) is 25.4 Å². The van der Waals surface area contributed by atoms with Crippen molar-refractivity contribution in [3.8, 4) is 0 Å². The zero-order chi connectivity index (χ0) is 15.4. The molecule has 0 aromatic carbocycles. The SMILES string of the molecule is C[C@H](NC(=O)NC[C@H]1CN2CCC[C@@H]2CO1)c1ccccn1. The number of ether oxygens (including phenoxy) is 1. The van der Waals surface area contributed by atoms with Crippen LogP contribution in [-0.4, -0.2) is 54.3 Å². The number of morpholine rings is 1. The van der Waals surface area contributed by atoms with E-state index in [9.17, 15) is 4.79 Å². The van der Waals surface area contributed by atoms with Gasteiger partial charge in [0.15, 0.2) is 0 Å². The predicted octanol–water partition coefficient (Wildman–Crippen LogP) is 1.30. The molecule has 6 heteroatoms. The van der Waals surface area contributed by atoms with Crippen molar-refractivity contribution in [2.24, 2.45) is 0 Å². The molecule has 2 amide bonds. The Bertz CT molecular complexity index is 496. The maximum Gasteiger partial charge on any atom is 0.315 e. The van der Waals surface area contributed by atoms with Crippen LogP contribution in [0.2, 0.25) is 0 Å². The molecular weight excluding hydrogens is 280 g/mol.